The van der Waals surface area contributed by atoms with Crippen LogP contribution in [0.5, 0.6) is 0 Å². The number of nitrogens with one attached hydrogen (secondary N) is 2. The van der Waals surface area contributed by atoms with E-state index in [0.717, 1.165) is 23.7 Å². The average molecular weight is 256 g/mol. The number of benzene rings is 1. The van der Waals surface area contributed by atoms with E-state index in [1.165, 1.54) is 37.9 Å². The summed E-state index contributed by atoms with van der Waals surface area (Å²) >= 11 is 0. The lowest BCUT2D eigenvalue weighted by atomic mass is 9.84. The predicted octanol–water partition coefficient (Wildman–Crippen LogP) is 1.75. The van der Waals surface area contributed by atoms with Gasteiger partial charge in [0.25, 0.3) is 0 Å². The van der Waals surface area contributed by atoms with Crippen LogP contribution in [0.1, 0.15) is 18.5 Å². The number of aromatic nitrogens is 2. The maximum Gasteiger partial charge on any atom is 0.0838 e. The molecule has 5 rings (SSSR count). The Bertz CT molecular complexity index is 568. The monoisotopic (exact) mass is 256 g/mol. The third-order valence-electron chi connectivity index (χ3n) is 4.74. The van der Waals surface area contributed by atoms with Crippen molar-refractivity contribution in [2.45, 2.75) is 25.4 Å². The molecule has 0 saturated carbocycles. The molecular formula is C15H20N4. The summed E-state index contributed by atoms with van der Waals surface area (Å²) in [4.78, 5) is 2.58. The summed E-state index contributed by atoms with van der Waals surface area (Å²) in [6.07, 6.45) is 2.72. The van der Waals surface area contributed by atoms with Crippen molar-refractivity contribution in [1.82, 2.24) is 20.4 Å². The van der Waals surface area contributed by atoms with E-state index in [1.807, 2.05) is 6.07 Å². The van der Waals surface area contributed by atoms with Crippen molar-refractivity contribution in [3.05, 3.63) is 30.0 Å². The molecule has 1 atom stereocenters. The van der Waals surface area contributed by atoms with Crippen molar-refractivity contribution in [2.24, 2.45) is 5.92 Å². The van der Waals surface area contributed by atoms with Crippen LogP contribution in [0.25, 0.3) is 10.9 Å². The van der Waals surface area contributed by atoms with Gasteiger partial charge in [-0.15, -0.1) is 0 Å². The molecular weight excluding hydrogens is 236 g/mol. The molecule has 19 heavy (non-hydrogen) atoms. The van der Waals surface area contributed by atoms with Crippen molar-refractivity contribution in [3.63, 3.8) is 0 Å². The van der Waals surface area contributed by atoms with Crippen molar-refractivity contribution in [1.29, 1.82) is 0 Å². The fourth-order valence-electron chi connectivity index (χ4n) is 3.58. The molecule has 0 amide bonds. The van der Waals surface area contributed by atoms with Gasteiger partial charge < -0.3 is 10.2 Å². The highest BCUT2D eigenvalue weighted by atomic mass is 15.2. The van der Waals surface area contributed by atoms with Crippen LogP contribution in [0.2, 0.25) is 0 Å². The molecule has 3 aliphatic rings. The van der Waals surface area contributed by atoms with Crippen LogP contribution in [0.3, 0.4) is 0 Å². The summed E-state index contributed by atoms with van der Waals surface area (Å²) < 4.78 is 0. The van der Waals surface area contributed by atoms with Crippen molar-refractivity contribution in [3.8, 4) is 0 Å². The number of aromatic amines is 1. The molecule has 0 aliphatic carbocycles. The number of rotatable bonds is 3. The molecule has 4 heterocycles. The van der Waals surface area contributed by atoms with E-state index in [1.54, 1.807) is 0 Å². The first-order valence-corrected chi connectivity index (χ1v) is 7.28. The summed E-state index contributed by atoms with van der Waals surface area (Å²) in [6, 6.07) is 9.01. The lowest BCUT2D eigenvalue weighted by molar-refractivity contribution is 0.0719. The van der Waals surface area contributed by atoms with E-state index in [4.69, 9.17) is 0 Å². The maximum absolute atomic E-state index is 4.44. The molecule has 4 heteroatoms. The van der Waals surface area contributed by atoms with Crippen molar-refractivity contribution in [2.75, 3.05) is 19.6 Å². The molecule has 1 aromatic carbocycles. The highest BCUT2D eigenvalue weighted by Gasteiger charge is 2.33. The Kier molecular flexibility index (Phi) is 2.78. The number of hydrogen-bond donors (Lipinski definition) is 2. The minimum absolute atomic E-state index is 0.651. The zero-order valence-electron chi connectivity index (χ0n) is 11.1. The van der Waals surface area contributed by atoms with Gasteiger partial charge in [0, 0.05) is 24.5 Å². The summed E-state index contributed by atoms with van der Waals surface area (Å²) in [6.45, 7) is 4.69. The van der Waals surface area contributed by atoms with Gasteiger partial charge in [-0.2, -0.15) is 5.10 Å². The van der Waals surface area contributed by atoms with Crippen LogP contribution < -0.4 is 5.32 Å². The number of piperidine rings is 3. The van der Waals surface area contributed by atoms with Gasteiger partial charge >= 0.3 is 0 Å². The fraction of sp³-hybridized carbons (Fsp3) is 0.533. The summed E-state index contributed by atoms with van der Waals surface area (Å²) in [7, 11) is 0. The van der Waals surface area contributed by atoms with E-state index in [9.17, 15) is 0 Å². The van der Waals surface area contributed by atoms with Gasteiger partial charge in [-0.1, -0.05) is 18.2 Å². The van der Waals surface area contributed by atoms with Crippen molar-refractivity contribution < 1.29 is 0 Å². The summed E-state index contributed by atoms with van der Waals surface area (Å²) in [5.74, 6) is 0.871. The molecule has 3 fully saturated rings. The zero-order valence-corrected chi connectivity index (χ0v) is 11.1. The molecule has 0 radical (unpaired) electrons. The van der Waals surface area contributed by atoms with Crippen LogP contribution in [-0.4, -0.2) is 40.8 Å². The Hall–Kier alpha value is -1.39. The van der Waals surface area contributed by atoms with Crippen LogP contribution in [0.4, 0.5) is 0 Å². The number of hydrogen-bond acceptors (Lipinski definition) is 3. The summed E-state index contributed by atoms with van der Waals surface area (Å²) in [5.41, 5.74) is 2.28. The standard InChI is InChI=1S/C15H20N4/c1-2-4-13-12(3-1)14(18-17-13)9-16-15-10-19-7-5-11(15)6-8-19/h1-4,11,15-16H,5-10H2,(H,17,18)/t15-/m0/s1. The van der Waals surface area contributed by atoms with E-state index < -0.39 is 0 Å². The zero-order chi connectivity index (χ0) is 12.7. The molecule has 0 unspecified atom stereocenters. The van der Waals surface area contributed by atoms with Gasteiger partial charge in [0.1, 0.15) is 0 Å². The minimum Gasteiger partial charge on any atom is -0.307 e. The van der Waals surface area contributed by atoms with Gasteiger partial charge in [-0.3, -0.25) is 5.10 Å². The van der Waals surface area contributed by atoms with Crippen LogP contribution in [-0.2, 0) is 6.54 Å². The van der Waals surface area contributed by atoms with Gasteiger partial charge in [0.05, 0.1) is 11.2 Å². The van der Waals surface area contributed by atoms with Gasteiger partial charge in [-0.05, 0) is 37.9 Å². The third kappa shape index (κ3) is 2.05. The lowest BCUT2D eigenvalue weighted by Gasteiger charge is -2.45. The first-order valence-electron chi connectivity index (χ1n) is 7.28. The molecule has 100 valence electrons. The SMILES string of the molecule is c1ccc2c(CN[C@H]3CN4CCC3CC4)n[nH]c2c1. The topological polar surface area (TPSA) is 44.0 Å². The highest BCUT2D eigenvalue weighted by molar-refractivity contribution is 5.81. The van der Waals surface area contributed by atoms with Crippen LogP contribution in [0, 0.1) is 5.92 Å². The lowest BCUT2D eigenvalue weighted by Crippen LogP contribution is -2.55. The molecule has 2 N–H and O–H groups in total. The Morgan fingerprint density at radius 3 is 2.89 bits per heavy atom. The molecule has 3 saturated heterocycles. The van der Waals surface area contributed by atoms with E-state index in [2.05, 4.69) is 38.6 Å². The minimum atomic E-state index is 0.651. The second-order valence-corrected chi connectivity index (χ2v) is 5.84. The first kappa shape index (κ1) is 11.4. The summed E-state index contributed by atoms with van der Waals surface area (Å²) in [5, 5.41) is 12.5. The molecule has 3 aliphatic heterocycles. The second-order valence-electron chi connectivity index (χ2n) is 5.84. The first-order chi connectivity index (χ1) is 9.40. The number of nitrogens with zero attached hydrogens (tertiary/aromatic N) is 2. The van der Waals surface area contributed by atoms with Gasteiger partial charge in [-0.25, -0.2) is 0 Å². The number of H-pyrrole nitrogens is 1. The Morgan fingerprint density at radius 1 is 1.26 bits per heavy atom. The highest BCUT2D eigenvalue weighted by Crippen LogP contribution is 2.27. The van der Waals surface area contributed by atoms with Crippen molar-refractivity contribution >= 4 is 10.9 Å². The largest absolute Gasteiger partial charge is 0.307 e. The van der Waals surface area contributed by atoms with Gasteiger partial charge in [0.2, 0.25) is 0 Å². The molecule has 2 aromatic rings. The third-order valence-corrected chi connectivity index (χ3v) is 4.74. The number of fused-ring (bicyclic) bond motifs is 4. The molecule has 2 bridgehead atoms. The molecule has 1 aromatic heterocycles. The van der Waals surface area contributed by atoms with E-state index in [-0.39, 0.29) is 0 Å². The normalized spacial score (nSPS) is 30.0. The smallest absolute Gasteiger partial charge is 0.0838 e. The predicted molar refractivity (Wildman–Crippen MR) is 75.9 cm³/mol. The van der Waals surface area contributed by atoms with Crippen LogP contribution >= 0.6 is 0 Å². The Balaban J connectivity index is 1.47. The maximum atomic E-state index is 4.44. The number of para-hydroxylation sites is 1. The van der Waals surface area contributed by atoms with E-state index in [0.29, 0.717) is 6.04 Å². The Morgan fingerprint density at radius 2 is 2.11 bits per heavy atom. The molecule has 0 spiro atoms. The quantitative estimate of drug-likeness (QED) is 0.879. The van der Waals surface area contributed by atoms with Gasteiger partial charge in [0.15, 0.2) is 0 Å². The van der Waals surface area contributed by atoms with E-state index >= 15 is 0 Å². The Labute approximate surface area is 113 Å². The van der Waals surface area contributed by atoms with Crippen LogP contribution in [0.15, 0.2) is 24.3 Å². The average Bonchev–Trinajstić information content (AvgIpc) is 2.90. The molecule has 4 nitrogen and oxygen atoms in total. The second kappa shape index (κ2) is 4.62. The fourth-order valence-corrected chi connectivity index (χ4v) is 3.58.